The number of aromatic hydroxyl groups is 1. The Hall–Kier alpha value is -2.98. The molecule has 0 saturated carbocycles. The predicted octanol–water partition coefficient (Wildman–Crippen LogP) is 1.83. The zero-order chi connectivity index (χ0) is 22.4. The Labute approximate surface area is 180 Å². The van der Waals surface area contributed by atoms with E-state index in [-0.39, 0.29) is 36.5 Å². The third kappa shape index (κ3) is 3.45. The molecule has 1 aromatic carbocycles. The van der Waals surface area contributed by atoms with Crippen molar-refractivity contribution in [2.24, 2.45) is 0 Å². The van der Waals surface area contributed by atoms with Crippen LogP contribution >= 0.6 is 11.6 Å². The highest BCUT2D eigenvalue weighted by Crippen LogP contribution is 2.34. The highest BCUT2D eigenvalue weighted by atomic mass is 35.5. The van der Waals surface area contributed by atoms with Gasteiger partial charge in [-0.3, -0.25) is 14.4 Å². The van der Waals surface area contributed by atoms with Crippen molar-refractivity contribution in [2.45, 2.75) is 25.0 Å². The molecule has 1 aromatic heterocycles. The average molecular weight is 454 g/mol. The van der Waals surface area contributed by atoms with Crippen LogP contribution in [0.4, 0.5) is 8.78 Å². The summed E-state index contributed by atoms with van der Waals surface area (Å²) in [7, 11) is 1.56. The van der Waals surface area contributed by atoms with E-state index in [9.17, 15) is 28.3 Å². The molecule has 0 radical (unpaired) electrons. The summed E-state index contributed by atoms with van der Waals surface area (Å²) in [6, 6.07) is 1.47. The van der Waals surface area contributed by atoms with Gasteiger partial charge in [-0.05, 0) is 12.5 Å². The number of aromatic nitrogens is 1. The maximum Gasteiger partial charge on any atom is 0.274 e. The molecule has 31 heavy (non-hydrogen) atoms. The Morgan fingerprint density at radius 1 is 1.32 bits per heavy atom. The summed E-state index contributed by atoms with van der Waals surface area (Å²) in [5.41, 5.74) is -1.70. The second-order valence-corrected chi connectivity index (χ2v) is 7.79. The monoisotopic (exact) mass is 453 g/mol. The first kappa shape index (κ1) is 21.3. The van der Waals surface area contributed by atoms with Gasteiger partial charge in [0.05, 0.1) is 18.7 Å². The molecule has 2 atom stereocenters. The Balaban J connectivity index is 1.68. The Morgan fingerprint density at radius 3 is 2.81 bits per heavy atom. The first-order chi connectivity index (χ1) is 14.7. The van der Waals surface area contributed by atoms with Crippen molar-refractivity contribution in [3.63, 3.8) is 0 Å². The largest absolute Gasteiger partial charge is 0.503 e. The van der Waals surface area contributed by atoms with Crippen molar-refractivity contribution in [1.29, 1.82) is 0 Å². The van der Waals surface area contributed by atoms with Crippen molar-refractivity contribution in [3.05, 3.63) is 62.0 Å². The molecule has 2 amide bonds. The molecular formula is C20H18ClF2N3O5. The second kappa shape index (κ2) is 7.93. The summed E-state index contributed by atoms with van der Waals surface area (Å²) in [5.74, 6) is -4.23. The summed E-state index contributed by atoms with van der Waals surface area (Å²) in [4.78, 5) is 39.4. The molecule has 1 fully saturated rings. The molecule has 2 aliphatic rings. The minimum absolute atomic E-state index is 0.0803. The first-order valence-corrected chi connectivity index (χ1v) is 9.83. The van der Waals surface area contributed by atoms with Crippen LogP contribution in [0.1, 0.15) is 38.9 Å². The van der Waals surface area contributed by atoms with Gasteiger partial charge in [0.25, 0.3) is 11.8 Å². The van der Waals surface area contributed by atoms with Gasteiger partial charge in [-0.25, -0.2) is 8.78 Å². The maximum absolute atomic E-state index is 14.1. The zero-order valence-corrected chi connectivity index (χ0v) is 17.1. The number of pyridine rings is 1. The van der Waals surface area contributed by atoms with Crippen molar-refractivity contribution >= 4 is 23.4 Å². The second-order valence-electron chi connectivity index (χ2n) is 7.41. The summed E-state index contributed by atoms with van der Waals surface area (Å²) in [6.45, 7) is 0.335. The fourth-order valence-electron chi connectivity index (χ4n) is 3.95. The molecule has 2 aromatic rings. The van der Waals surface area contributed by atoms with Crippen LogP contribution in [0.3, 0.4) is 0 Å². The predicted molar refractivity (Wildman–Crippen MR) is 105 cm³/mol. The van der Waals surface area contributed by atoms with Gasteiger partial charge in [0.1, 0.15) is 22.2 Å². The van der Waals surface area contributed by atoms with Crippen molar-refractivity contribution in [3.8, 4) is 5.75 Å². The van der Waals surface area contributed by atoms with Crippen molar-refractivity contribution in [1.82, 2.24) is 14.8 Å². The molecule has 164 valence electrons. The van der Waals surface area contributed by atoms with E-state index in [1.54, 1.807) is 7.05 Å². The molecule has 0 spiro atoms. The zero-order valence-electron chi connectivity index (χ0n) is 16.3. The lowest BCUT2D eigenvalue weighted by atomic mass is 9.96. The number of nitrogens with zero attached hydrogens (tertiary/aromatic N) is 2. The number of halogens is 3. The van der Waals surface area contributed by atoms with Crippen LogP contribution in [0.25, 0.3) is 0 Å². The number of ether oxygens (including phenoxy) is 1. The molecule has 8 nitrogen and oxygen atoms in total. The van der Waals surface area contributed by atoms with Gasteiger partial charge in [0.2, 0.25) is 5.43 Å². The van der Waals surface area contributed by atoms with Gasteiger partial charge in [-0.1, -0.05) is 17.7 Å². The molecule has 0 bridgehead atoms. The van der Waals surface area contributed by atoms with E-state index in [2.05, 4.69) is 5.32 Å². The Bertz CT molecular complexity index is 1150. The topological polar surface area (TPSA) is 101 Å². The number of amides is 2. The van der Waals surface area contributed by atoms with Crippen LogP contribution in [0.5, 0.6) is 5.75 Å². The molecule has 3 heterocycles. The SMILES string of the molecule is CN1C(=O)c2c(O)c(=O)c(C(=O)NCc3ccc(F)c(Cl)c3F)cn2[C@H]2CCOC[C@H]21. The van der Waals surface area contributed by atoms with E-state index in [1.165, 1.54) is 15.7 Å². The number of carbonyl (C=O) groups is 2. The van der Waals surface area contributed by atoms with E-state index < -0.39 is 45.2 Å². The molecule has 0 aliphatic carbocycles. The molecule has 1 saturated heterocycles. The van der Waals surface area contributed by atoms with Gasteiger partial charge in [0.15, 0.2) is 11.4 Å². The van der Waals surface area contributed by atoms with E-state index in [1.807, 2.05) is 0 Å². The van der Waals surface area contributed by atoms with Gasteiger partial charge < -0.3 is 24.6 Å². The normalized spacial score (nSPS) is 20.3. The number of hydrogen-bond donors (Lipinski definition) is 2. The van der Waals surface area contributed by atoms with Gasteiger partial charge >= 0.3 is 0 Å². The van der Waals surface area contributed by atoms with Crippen molar-refractivity contribution < 1.29 is 28.2 Å². The minimum Gasteiger partial charge on any atom is -0.503 e. The van der Waals surface area contributed by atoms with Crippen LogP contribution in [0.15, 0.2) is 23.1 Å². The Kier molecular flexibility index (Phi) is 5.44. The summed E-state index contributed by atoms with van der Waals surface area (Å²) >= 11 is 5.54. The van der Waals surface area contributed by atoms with E-state index in [4.69, 9.17) is 16.3 Å². The molecule has 0 unspecified atom stereocenters. The quantitative estimate of drug-likeness (QED) is 0.691. The third-order valence-electron chi connectivity index (χ3n) is 5.68. The first-order valence-electron chi connectivity index (χ1n) is 9.46. The van der Waals surface area contributed by atoms with Gasteiger partial charge in [0, 0.05) is 32.0 Å². The maximum atomic E-state index is 14.1. The van der Waals surface area contributed by atoms with Crippen molar-refractivity contribution in [2.75, 3.05) is 20.3 Å². The molecule has 2 N–H and O–H groups in total. The standard InChI is InChI=1S/C20H18ClF2N3O5/c1-25-13-8-31-5-4-12(13)26-7-10(17(27)18(28)16(26)20(25)30)19(29)24-6-9-2-3-11(22)14(21)15(9)23/h2-3,7,12-13,28H,4-6,8H2,1H3,(H,24,29)/t12-,13+/m0/s1. The van der Waals surface area contributed by atoms with Crippen LogP contribution in [0.2, 0.25) is 5.02 Å². The third-order valence-corrected chi connectivity index (χ3v) is 6.02. The Morgan fingerprint density at radius 2 is 2.06 bits per heavy atom. The summed E-state index contributed by atoms with van der Waals surface area (Å²) in [5, 5.41) is 12.1. The van der Waals surface area contributed by atoms with Crippen LogP contribution in [-0.4, -0.2) is 52.7 Å². The lowest BCUT2D eigenvalue weighted by Gasteiger charge is -2.44. The number of hydrogen-bond acceptors (Lipinski definition) is 5. The molecule has 2 aliphatic heterocycles. The summed E-state index contributed by atoms with van der Waals surface area (Å²) < 4.78 is 34.2. The minimum atomic E-state index is -1.02. The van der Waals surface area contributed by atoms with Gasteiger partial charge in [-0.15, -0.1) is 0 Å². The lowest BCUT2D eigenvalue weighted by Crippen LogP contribution is -2.54. The smallest absolute Gasteiger partial charge is 0.274 e. The highest BCUT2D eigenvalue weighted by molar-refractivity contribution is 6.30. The number of rotatable bonds is 3. The number of fused-ring (bicyclic) bond motifs is 3. The lowest BCUT2D eigenvalue weighted by molar-refractivity contribution is -0.0115. The fraction of sp³-hybridized carbons (Fsp3) is 0.350. The van der Waals surface area contributed by atoms with Crippen LogP contribution < -0.4 is 10.7 Å². The molecule has 4 rings (SSSR count). The molecular weight excluding hydrogens is 436 g/mol. The highest BCUT2D eigenvalue weighted by Gasteiger charge is 2.42. The average Bonchev–Trinajstić information content (AvgIpc) is 2.77. The van der Waals surface area contributed by atoms with Crippen LogP contribution in [0, 0.1) is 11.6 Å². The summed E-state index contributed by atoms with van der Waals surface area (Å²) in [6.07, 6.45) is 1.74. The number of likely N-dealkylation sites (N-methyl/N-ethyl adjacent to an activating group) is 1. The fourth-order valence-corrected chi connectivity index (χ4v) is 4.14. The van der Waals surface area contributed by atoms with Gasteiger partial charge in [-0.2, -0.15) is 0 Å². The van der Waals surface area contributed by atoms with E-state index in [0.717, 1.165) is 12.1 Å². The van der Waals surface area contributed by atoms with E-state index in [0.29, 0.717) is 13.0 Å². The number of carbonyl (C=O) groups excluding carboxylic acids is 2. The number of nitrogens with one attached hydrogen (secondary N) is 1. The molecule has 11 heteroatoms. The van der Waals surface area contributed by atoms with E-state index >= 15 is 0 Å². The number of benzene rings is 1. The van der Waals surface area contributed by atoms with Crippen LogP contribution in [-0.2, 0) is 11.3 Å².